The molecule has 0 atom stereocenters. The average molecular weight is 387 g/mol. The Balaban J connectivity index is 1.20. The second-order valence-corrected chi connectivity index (χ2v) is 6.42. The van der Waals surface area contributed by atoms with Crippen LogP contribution in [0.2, 0.25) is 0 Å². The standard InChI is InChI=1S/C21H21N7O/c29-21(15-28-14-10-16-5-1-2-6-17(16)28)24-13-12-23-19-8-9-20(27-26-19)25-18-7-3-4-11-22-18/h1-11,14H,12-13,15H2,(H,23,26)(H,24,29)(H,22,25,27). The predicted molar refractivity (Wildman–Crippen MR) is 113 cm³/mol. The topological polar surface area (TPSA) is 96.8 Å². The number of hydrogen-bond acceptors (Lipinski definition) is 6. The van der Waals surface area contributed by atoms with Crippen LogP contribution in [0.15, 0.2) is 73.1 Å². The zero-order valence-electron chi connectivity index (χ0n) is 15.7. The minimum absolute atomic E-state index is 0.0332. The molecule has 3 aromatic heterocycles. The second kappa shape index (κ2) is 8.83. The van der Waals surface area contributed by atoms with Crippen molar-refractivity contribution in [3.8, 4) is 0 Å². The lowest BCUT2D eigenvalue weighted by atomic mass is 10.2. The molecule has 1 aromatic carbocycles. The van der Waals surface area contributed by atoms with Crippen molar-refractivity contribution < 1.29 is 4.79 Å². The smallest absolute Gasteiger partial charge is 0.240 e. The molecule has 0 bridgehead atoms. The highest BCUT2D eigenvalue weighted by Gasteiger charge is 2.05. The Hall–Kier alpha value is -3.94. The summed E-state index contributed by atoms with van der Waals surface area (Å²) in [4.78, 5) is 16.4. The third-order valence-electron chi connectivity index (χ3n) is 4.33. The van der Waals surface area contributed by atoms with Gasteiger partial charge in [-0.25, -0.2) is 4.98 Å². The summed E-state index contributed by atoms with van der Waals surface area (Å²) in [5, 5.41) is 18.5. The molecule has 0 spiro atoms. The molecular formula is C21H21N7O. The zero-order valence-corrected chi connectivity index (χ0v) is 15.7. The van der Waals surface area contributed by atoms with Gasteiger partial charge in [0.05, 0.1) is 0 Å². The Morgan fingerprint density at radius 3 is 2.52 bits per heavy atom. The number of hydrogen-bond donors (Lipinski definition) is 3. The van der Waals surface area contributed by atoms with Crippen molar-refractivity contribution in [3.63, 3.8) is 0 Å². The van der Waals surface area contributed by atoms with Crippen LogP contribution in [0.5, 0.6) is 0 Å². The first kappa shape index (κ1) is 18.4. The lowest BCUT2D eigenvalue weighted by Crippen LogP contribution is -2.31. The van der Waals surface area contributed by atoms with E-state index in [2.05, 4.69) is 31.1 Å². The van der Waals surface area contributed by atoms with Crippen molar-refractivity contribution in [2.75, 3.05) is 23.7 Å². The van der Waals surface area contributed by atoms with Gasteiger partial charge in [0.15, 0.2) is 5.82 Å². The van der Waals surface area contributed by atoms with Crippen molar-refractivity contribution in [1.82, 2.24) is 25.1 Å². The molecule has 146 valence electrons. The van der Waals surface area contributed by atoms with Gasteiger partial charge < -0.3 is 20.5 Å². The molecule has 0 aliphatic carbocycles. The summed E-state index contributed by atoms with van der Waals surface area (Å²) < 4.78 is 1.94. The quantitative estimate of drug-likeness (QED) is 0.402. The van der Waals surface area contributed by atoms with Crippen LogP contribution in [0, 0.1) is 0 Å². The highest BCUT2D eigenvalue weighted by Crippen LogP contribution is 2.14. The van der Waals surface area contributed by atoms with Crippen molar-refractivity contribution in [2.45, 2.75) is 6.54 Å². The molecule has 0 aliphatic rings. The van der Waals surface area contributed by atoms with E-state index in [0.29, 0.717) is 37.1 Å². The SMILES string of the molecule is O=C(Cn1ccc2ccccc21)NCCNc1ccc(Nc2ccccn2)nn1. The van der Waals surface area contributed by atoms with Gasteiger partial charge in [-0.05, 0) is 41.8 Å². The van der Waals surface area contributed by atoms with Crippen molar-refractivity contribution >= 4 is 34.3 Å². The molecule has 0 fully saturated rings. The van der Waals surface area contributed by atoms with Crippen LogP contribution in [0.4, 0.5) is 17.5 Å². The van der Waals surface area contributed by atoms with E-state index in [-0.39, 0.29) is 5.91 Å². The summed E-state index contributed by atoms with van der Waals surface area (Å²) in [6.07, 6.45) is 3.64. The van der Waals surface area contributed by atoms with Gasteiger partial charge in [0.25, 0.3) is 0 Å². The molecule has 8 nitrogen and oxygen atoms in total. The Morgan fingerprint density at radius 1 is 0.862 bits per heavy atom. The summed E-state index contributed by atoms with van der Waals surface area (Å²) in [7, 11) is 0. The minimum atomic E-state index is -0.0332. The van der Waals surface area contributed by atoms with Gasteiger partial charge >= 0.3 is 0 Å². The summed E-state index contributed by atoms with van der Waals surface area (Å²) in [5.74, 6) is 1.93. The van der Waals surface area contributed by atoms with Gasteiger partial charge in [-0.15, -0.1) is 10.2 Å². The summed E-state index contributed by atoms with van der Waals surface area (Å²) in [6.45, 7) is 1.34. The van der Waals surface area contributed by atoms with Crippen LogP contribution in [0.1, 0.15) is 0 Å². The van der Waals surface area contributed by atoms with E-state index in [1.165, 1.54) is 0 Å². The van der Waals surface area contributed by atoms with Gasteiger partial charge in [-0.2, -0.15) is 0 Å². The molecule has 3 N–H and O–H groups in total. The molecule has 4 aromatic rings. The third kappa shape index (κ3) is 4.86. The van der Waals surface area contributed by atoms with Crippen molar-refractivity contribution in [2.24, 2.45) is 0 Å². The number of para-hydroxylation sites is 1. The number of pyridine rings is 1. The first-order valence-electron chi connectivity index (χ1n) is 9.34. The zero-order chi connectivity index (χ0) is 19.9. The van der Waals surface area contributed by atoms with Crippen LogP contribution in [-0.2, 0) is 11.3 Å². The molecule has 29 heavy (non-hydrogen) atoms. The van der Waals surface area contributed by atoms with E-state index in [0.717, 1.165) is 10.9 Å². The number of carbonyl (C=O) groups excluding carboxylic acids is 1. The fraction of sp³-hybridized carbons (Fsp3) is 0.143. The number of benzene rings is 1. The first-order valence-corrected chi connectivity index (χ1v) is 9.34. The Bertz CT molecular complexity index is 1080. The number of anilines is 3. The van der Waals surface area contributed by atoms with Gasteiger partial charge in [-0.1, -0.05) is 24.3 Å². The van der Waals surface area contributed by atoms with E-state index in [1.807, 2.05) is 71.4 Å². The highest BCUT2D eigenvalue weighted by molar-refractivity contribution is 5.83. The van der Waals surface area contributed by atoms with E-state index in [1.54, 1.807) is 6.20 Å². The normalized spacial score (nSPS) is 10.6. The number of rotatable bonds is 8. The molecule has 0 unspecified atom stereocenters. The predicted octanol–water partition coefficient (Wildman–Crippen LogP) is 2.80. The van der Waals surface area contributed by atoms with Gasteiger partial charge in [0.1, 0.15) is 18.2 Å². The Kier molecular flexibility index (Phi) is 5.61. The van der Waals surface area contributed by atoms with Crippen LogP contribution >= 0.6 is 0 Å². The average Bonchev–Trinajstić information content (AvgIpc) is 3.16. The summed E-state index contributed by atoms with van der Waals surface area (Å²) in [6, 6.07) is 19.3. The van der Waals surface area contributed by atoms with E-state index >= 15 is 0 Å². The number of nitrogens with one attached hydrogen (secondary N) is 3. The molecule has 0 saturated carbocycles. The Labute approximate surface area is 168 Å². The largest absolute Gasteiger partial charge is 0.367 e. The highest BCUT2D eigenvalue weighted by atomic mass is 16.1. The molecule has 0 aliphatic heterocycles. The monoisotopic (exact) mass is 387 g/mol. The first-order chi connectivity index (χ1) is 14.3. The van der Waals surface area contributed by atoms with Crippen molar-refractivity contribution in [1.29, 1.82) is 0 Å². The number of amides is 1. The van der Waals surface area contributed by atoms with Crippen LogP contribution in [0.3, 0.4) is 0 Å². The third-order valence-corrected chi connectivity index (χ3v) is 4.33. The summed E-state index contributed by atoms with van der Waals surface area (Å²) in [5.41, 5.74) is 1.05. The van der Waals surface area contributed by atoms with Gasteiger partial charge in [0, 0.05) is 31.0 Å². The molecule has 4 rings (SSSR count). The van der Waals surface area contributed by atoms with Crippen molar-refractivity contribution in [3.05, 3.63) is 73.1 Å². The fourth-order valence-corrected chi connectivity index (χ4v) is 2.94. The van der Waals surface area contributed by atoms with Crippen LogP contribution < -0.4 is 16.0 Å². The second-order valence-electron chi connectivity index (χ2n) is 6.42. The molecule has 3 heterocycles. The summed E-state index contributed by atoms with van der Waals surface area (Å²) >= 11 is 0. The van der Waals surface area contributed by atoms with E-state index in [4.69, 9.17) is 0 Å². The maximum atomic E-state index is 12.2. The minimum Gasteiger partial charge on any atom is -0.367 e. The molecule has 1 amide bonds. The number of fused-ring (bicyclic) bond motifs is 1. The number of nitrogens with zero attached hydrogens (tertiary/aromatic N) is 4. The van der Waals surface area contributed by atoms with Crippen LogP contribution in [-0.4, -0.2) is 38.7 Å². The molecular weight excluding hydrogens is 366 g/mol. The van der Waals surface area contributed by atoms with E-state index in [9.17, 15) is 4.79 Å². The van der Waals surface area contributed by atoms with E-state index < -0.39 is 0 Å². The van der Waals surface area contributed by atoms with Gasteiger partial charge in [0.2, 0.25) is 5.91 Å². The molecule has 0 saturated heterocycles. The lowest BCUT2D eigenvalue weighted by molar-refractivity contribution is -0.121. The van der Waals surface area contributed by atoms with Crippen LogP contribution in [0.25, 0.3) is 10.9 Å². The maximum Gasteiger partial charge on any atom is 0.240 e. The maximum absolute atomic E-state index is 12.2. The Morgan fingerprint density at radius 2 is 1.69 bits per heavy atom. The molecule has 0 radical (unpaired) electrons. The fourth-order valence-electron chi connectivity index (χ4n) is 2.94. The lowest BCUT2D eigenvalue weighted by Gasteiger charge is -2.09. The number of carbonyl (C=O) groups is 1. The number of aromatic nitrogens is 4. The molecule has 8 heteroatoms. The van der Waals surface area contributed by atoms with Gasteiger partial charge in [-0.3, -0.25) is 4.79 Å².